The van der Waals surface area contributed by atoms with Crippen LogP contribution in [0.1, 0.15) is 6.42 Å². The predicted molar refractivity (Wildman–Crippen MR) is 68.8 cm³/mol. The Labute approximate surface area is 107 Å². The van der Waals surface area contributed by atoms with E-state index in [-0.39, 0.29) is 17.8 Å². The number of nitrogens with zero attached hydrogens (tertiary/aromatic N) is 1. The number of anilines is 1. The summed E-state index contributed by atoms with van der Waals surface area (Å²) in [6.45, 7) is 0.772. The van der Waals surface area contributed by atoms with E-state index >= 15 is 0 Å². The molecule has 0 saturated carbocycles. The van der Waals surface area contributed by atoms with Crippen LogP contribution in [0.5, 0.6) is 0 Å². The summed E-state index contributed by atoms with van der Waals surface area (Å²) in [5.74, 6) is -0.162. The quantitative estimate of drug-likeness (QED) is 0.840. The molecule has 16 heavy (non-hydrogen) atoms. The first-order chi connectivity index (χ1) is 7.58. The van der Waals surface area contributed by atoms with Gasteiger partial charge in [0.05, 0.1) is 0 Å². The van der Waals surface area contributed by atoms with E-state index < -0.39 is 0 Å². The normalized spacial score (nSPS) is 20.3. The zero-order valence-corrected chi connectivity index (χ0v) is 11.0. The van der Waals surface area contributed by atoms with E-state index in [9.17, 15) is 9.18 Å². The van der Waals surface area contributed by atoms with Crippen LogP contribution in [-0.2, 0) is 4.79 Å². The Balaban J connectivity index is 2.12. The summed E-state index contributed by atoms with van der Waals surface area (Å²) in [5.41, 5.74) is 0.815. The Morgan fingerprint density at radius 2 is 2.31 bits per heavy atom. The molecule has 0 spiro atoms. The van der Waals surface area contributed by atoms with Gasteiger partial charge in [-0.3, -0.25) is 4.79 Å². The molecule has 1 saturated heterocycles. The molecule has 1 aromatic rings. The summed E-state index contributed by atoms with van der Waals surface area (Å²) < 4.78 is 13.7. The standard InChI is InChI=1S/C11H12FIN2O/c1-15-5-4-10(11(15)16)14-9-3-2-7(12)6-8(9)13/h2-3,6,10,14H,4-5H2,1H3. The fourth-order valence-corrected chi connectivity index (χ4v) is 2.38. The van der Waals surface area contributed by atoms with Gasteiger partial charge in [0.15, 0.2) is 0 Å². The van der Waals surface area contributed by atoms with Crippen molar-refractivity contribution in [3.63, 3.8) is 0 Å². The Hall–Kier alpha value is -0.850. The van der Waals surface area contributed by atoms with Gasteiger partial charge in [0.2, 0.25) is 5.91 Å². The molecule has 0 aliphatic carbocycles. The van der Waals surface area contributed by atoms with Crippen LogP contribution in [0.15, 0.2) is 18.2 Å². The molecule has 3 nitrogen and oxygen atoms in total. The van der Waals surface area contributed by atoms with Gasteiger partial charge in [0.1, 0.15) is 11.9 Å². The van der Waals surface area contributed by atoms with E-state index in [2.05, 4.69) is 27.9 Å². The third-order valence-corrected chi connectivity index (χ3v) is 3.58. The second-order valence-corrected chi connectivity index (χ2v) is 5.03. The Morgan fingerprint density at radius 3 is 2.88 bits per heavy atom. The zero-order valence-electron chi connectivity index (χ0n) is 8.84. The smallest absolute Gasteiger partial charge is 0.244 e. The van der Waals surface area contributed by atoms with Crippen molar-refractivity contribution in [3.05, 3.63) is 27.6 Å². The fourth-order valence-electron chi connectivity index (χ4n) is 1.75. The summed E-state index contributed by atoms with van der Waals surface area (Å²) in [4.78, 5) is 13.4. The average molecular weight is 334 g/mol. The number of amides is 1. The fraction of sp³-hybridized carbons (Fsp3) is 0.364. The molecular formula is C11H12FIN2O. The van der Waals surface area contributed by atoms with Crippen molar-refractivity contribution in [1.29, 1.82) is 0 Å². The predicted octanol–water partition coefficient (Wildman–Crippen LogP) is 2.07. The molecule has 1 aliphatic heterocycles. The molecule has 1 atom stereocenters. The van der Waals surface area contributed by atoms with Gasteiger partial charge in [-0.2, -0.15) is 0 Å². The van der Waals surface area contributed by atoms with Crippen molar-refractivity contribution in [3.8, 4) is 0 Å². The summed E-state index contributed by atoms with van der Waals surface area (Å²) in [6.07, 6.45) is 0.794. The monoisotopic (exact) mass is 334 g/mol. The minimum absolute atomic E-state index is 0.0973. The van der Waals surface area contributed by atoms with Crippen LogP contribution >= 0.6 is 22.6 Å². The van der Waals surface area contributed by atoms with Gasteiger partial charge in [-0.1, -0.05) is 0 Å². The van der Waals surface area contributed by atoms with Crippen LogP contribution in [0.4, 0.5) is 10.1 Å². The van der Waals surface area contributed by atoms with Gasteiger partial charge in [-0.05, 0) is 47.2 Å². The first-order valence-electron chi connectivity index (χ1n) is 5.04. The minimum atomic E-state index is -0.259. The molecule has 1 fully saturated rings. The third kappa shape index (κ3) is 2.28. The largest absolute Gasteiger partial charge is 0.373 e. The molecule has 86 valence electrons. The van der Waals surface area contributed by atoms with E-state index in [1.807, 2.05) is 0 Å². The van der Waals surface area contributed by atoms with Crippen LogP contribution in [0.2, 0.25) is 0 Å². The lowest BCUT2D eigenvalue weighted by atomic mass is 10.2. The minimum Gasteiger partial charge on any atom is -0.373 e. The Bertz CT molecular complexity index is 424. The van der Waals surface area contributed by atoms with Gasteiger partial charge >= 0.3 is 0 Å². The van der Waals surface area contributed by atoms with Crippen LogP contribution in [0, 0.1) is 9.39 Å². The molecule has 1 N–H and O–H groups in total. The zero-order chi connectivity index (χ0) is 11.7. The highest BCUT2D eigenvalue weighted by molar-refractivity contribution is 14.1. The maximum Gasteiger partial charge on any atom is 0.244 e. The number of hydrogen-bond acceptors (Lipinski definition) is 2. The number of likely N-dealkylation sites (tertiary alicyclic amines) is 1. The van der Waals surface area contributed by atoms with Crippen molar-refractivity contribution in [1.82, 2.24) is 4.90 Å². The van der Waals surface area contributed by atoms with Crippen LogP contribution in [0.25, 0.3) is 0 Å². The molecule has 1 unspecified atom stereocenters. The lowest BCUT2D eigenvalue weighted by molar-refractivity contribution is -0.127. The molecule has 1 aliphatic rings. The summed E-state index contributed by atoms with van der Waals surface area (Å²) in [7, 11) is 1.79. The van der Waals surface area contributed by atoms with Crippen molar-refractivity contribution < 1.29 is 9.18 Å². The van der Waals surface area contributed by atoms with Crippen molar-refractivity contribution >= 4 is 34.2 Å². The molecule has 1 amide bonds. The first-order valence-corrected chi connectivity index (χ1v) is 6.12. The van der Waals surface area contributed by atoms with E-state index in [0.717, 1.165) is 22.2 Å². The second-order valence-electron chi connectivity index (χ2n) is 3.87. The Kier molecular flexibility index (Phi) is 3.32. The molecule has 0 bridgehead atoms. The van der Waals surface area contributed by atoms with Gasteiger partial charge in [-0.15, -0.1) is 0 Å². The summed E-state index contributed by atoms with van der Waals surface area (Å²) >= 11 is 2.06. The highest BCUT2D eigenvalue weighted by Gasteiger charge is 2.29. The van der Waals surface area contributed by atoms with Crippen molar-refractivity contribution in [2.75, 3.05) is 18.9 Å². The van der Waals surface area contributed by atoms with Crippen molar-refractivity contribution in [2.45, 2.75) is 12.5 Å². The Morgan fingerprint density at radius 1 is 1.56 bits per heavy atom. The van der Waals surface area contributed by atoms with E-state index in [1.54, 1.807) is 18.0 Å². The van der Waals surface area contributed by atoms with Crippen molar-refractivity contribution in [2.24, 2.45) is 0 Å². The van der Waals surface area contributed by atoms with Crippen LogP contribution in [0.3, 0.4) is 0 Å². The number of carbonyl (C=O) groups excluding carboxylic acids is 1. The van der Waals surface area contributed by atoms with Crippen LogP contribution in [-0.4, -0.2) is 30.4 Å². The second kappa shape index (κ2) is 4.57. The molecule has 1 heterocycles. The maximum absolute atomic E-state index is 12.9. The molecule has 0 aromatic heterocycles. The van der Waals surface area contributed by atoms with E-state index in [4.69, 9.17) is 0 Å². The molecule has 0 radical (unpaired) electrons. The van der Waals surface area contributed by atoms with Gasteiger partial charge < -0.3 is 10.2 Å². The number of rotatable bonds is 2. The third-order valence-electron chi connectivity index (χ3n) is 2.69. The average Bonchev–Trinajstić information content (AvgIpc) is 2.54. The van der Waals surface area contributed by atoms with Gasteiger partial charge in [-0.25, -0.2) is 4.39 Å². The maximum atomic E-state index is 12.9. The van der Waals surface area contributed by atoms with Crippen LogP contribution < -0.4 is 5.32 Å². The summed E-state index contributed by atoms with van der Waals surface area (Å²) in [6, 6.07) is 4.34. The van der Waals surface area contributed by atoms with Gasteiger partial charge in [0, 0.05) is 22.8 Å². The SMILES string of the molecule is CN1CCC(Nc2ccc(F)cc2I)C1=O. The summed E-state index contributed by atoms with van der Waals surface area (Å²) in [5, 5.41) is 3.15. The lowest BCUT2D eigenvalue weighted by Crippen LogP contribution is -2.31. The van der Waals surface area contributed by atoms with Gasteiger partial charge in [0.25, 0.3) is 0 Å². The highest BCUT2D eigenvalue weighted by Crippen LogP contribution is 2.22. The lowest BCUT2D eigenvalue weighted by Gasteiger charge is -2.14. The molecule has 2 rings (SSSR count). The number of likely N-dealkylation sites (N-methyl/N-ethyl adjacent to an activating group) is 1. The molecule has 5 heteroatoms. The molecule has 1 aromatic carbocycles. The topological polar surface area (TPSA) is 32.3 Å². The van der Waals surface area contributed by atoms with E-state index in [1.165, 1.54) is 12.1 Å². The number of benzene rings is 1. The number of nitrogens with one attached hydrogen (secondary N) is 1. The molecular weight excluding hydrogens is 322 g/mol. The highest BCUT2D eigenvalue weighted by atomic mass is 127. The number of halogens is 2. The van der Waals surface area contributed by atoms with E-state index in [0.29, 0.717) is 0 Å². The number of carbonyl (C=O) groups is 1. The number of hydrogen-bond donors (Lipinski definition) is 1. The first kappa shape index (κ1) is 11.6.